The Morgan fingerprint density at radius 3 is 2.57 bits per heavy atom. The molecule has 0 aliphatic heterocycles. The number of methoxy groups -OCH3 is 1. The van der Waals surface area contributed by atoms with Gasteiger partial charge in [0.2, 0.25) is 0 Å². The monoisotopic (exact) mass is 407 g/mol. The second-order valence-electron chi connectivity index (χ2n) is 6.43. The van der Waals surface area contributed by atoms with Crippen molar-refractivity contribution in [3.8, 4) is 17.5 Å². The maximum Gasteiger partial charge on any atom is 0.193 e. The van der Waals surface area contributed by atoms with Gasteiger partial charge in [-0.25, -0.2) is 9.07 Å². The standard InChI is InChI=1S/C21H22FN7O/c1-30-17-10-6-15(7-11-17)27-21(25)26-12-2-3-19-18(13-23)20(24)29(28-19)16-8-4-14(22)5-9-16/h4-11H,2-3,12,24H2,1H3,(H3,25,26,27). The van der Waals surface area contributed by atoms with E-state index in [4.69, 9.17) is 16.2 Å². The summed E-state index contributed by atoms with van der Waals surface area (Å²) in [6, 6.07) is 15.1. The normalized spacial score (nSPS) is 11.2. The number of hydrogen-bond acceptors (Lipinski definition) is 5. The molecule has 3 aromatic rings. The van der Waals surface area contributed by atoms with Crippen LogP contribution >= 0.6 is 0 Å². The van der Waals surface area contributed by atoms with Crippen LogP contribution in [0.4, 0.5) is 15.9 Å². The van der Waals surface area contributed by atoms with Crippen LogP contribution in [0.2, 0.25) is 0 Å². The summed E-state index contributed by atoms with van der Waals surface area (Å²) in [6.45, 7) is 0.448. The molecule has 8 nitrogen and oxygen atoms in total. The number of nitrogens with zero attached hydrogens (tertiary/aromatic N) is 4. The van der Waals surface area contributed by atoms with Crippen molar-refractivity contribution in [1.29, 1.82) is 5.26 Å². The molecule has 0 saturated heterocycles. The van der Waals surface area contributed by atoms with Crippen molar-refractivity contribution in [2.24, 2.45) is 10.7 Å². The molecule has 154 valence electrons. The number of anilines is 2. The molecular weight excluding hydrogens is 385 g/mol. The highest BCUT2D eigenvalue weighted by Crippen LogP contribution is 2.22. The van der Waals surface area contributed by atoms with E-state index in [9.17, 15) is 9.65 Å². The van der Waals surface area contributed by atoms with E-state index in [1.807, 2.05) is 24.3 Å². The molecule has 1 heterocycles. The van der Waals surface area contributed by atoms with Gasteiger partial charge in [-0.3, -0.25) is 4.99 Å². The first kappa shape index (κ1) is 20.7. The summed E-state index contributed by atoms with van der Waals surface area (Å²) >= 11 is 0. The van der Waals surface area contributed by atoms with E-state index in [0.717, 1.165) is 11.4 Å². The molecule has 0 amide bonds. The van der Waals surface area contributed by atoms with Crippen molar-refractivity contribution in [3.05, 3.63) is 65.6 Å². The molecule has 30 heavy (non-hydrogen) atoms. The molecule has 3 rings (SSSR count). The summed E-state index contributed by atoms with van der Waals surface area (Å²) in [5.41, 5.74) is 14.2. The lowest BCUT2D eigenvalue weighted by molar-refractivity contribution is 0.415. The minimum absolute atomic E-state index is 0.225. The lowest BCUT2D eigenvalue weighted by Gasteiger charge is -2.06. The Morgan fingerprint density at radius 2 is 1.93 bits per heavy atom. The van der Waals surface area contributed by atoms with Gasteiger partial charge < -0.3 is 21.5 Å². The maximum atomic E-state index is 13.1. The second kappa shape index (κ2) is 9.43. The molecule has 2 aromatic carbocycles. The number of hydrogen-bond donors (Lipinski definition) is 3. The van der Waals surface area contributed by atoms with Gasteiger partial charge in [0.1, 0.15) is 29.0 Å². The van der Waals surface area contributed by atoms with E-state index in [-0.39, 0.29) is 17.6 Å². The number of aliphatic imine (C=N–C) groups is 1. The predicted molar refractivity (Wildman–Crippen MR) is 114 cm³/mol. The van der Waals surface area contributed by atoms with E-state index in [0.29, 0.717) is 36.3 Å². The first-order valence-corrected chi connectivity index (χ1v) is 9.26. The van der Waals surface area contributed by atoms with E-state index in [2.05, 4.69) is 21.5 Å². The summed E-state index contributed by atoms with van der Waals surface area (Å²) in [5, 5.41) is 16.9. The van der Waals surface area contributed by atoms with Gasteiger partial charge >= 0.3 is 0 Å². The summed E-state index contributed by atoms with van der Waals surface area (Å²) in [6.07, 6.45) is 1.13. The molecule has 9 heteroatoms. The Kier molecular flexibility index (Phi) is 6.49. The molecule has 0 radical (unpaired) electrons. The Balaban J connectivity index is 1.61. The predicted octanol–water partition coefficient (Wildman–Crippen LogP) is 2.83. The number of nitrogen functional groups attached to an aromatic ring is 1. The maximum absolute atomic E-state index is 13.1. The molecule has 5 N–H and O–H groups in total. The molecule has 0 unspecified atom stereocenters. The van der Waals surface area contributed by atoms with Gasteiger partial charge in [-0.1, -0.05) is 0 Å². The van der Waals surface area contributed by atoms with E-state index < -0.39 is 0 Å². The van der Waals surface area contributed by atoms with Crippen LogP contribution in [0.5, 0.6) is 5.75 Å². The molecular formula is C21H22FN7O. The molecule has 0 bridgehead atoms. The number of ether oxygens (including phenoxy) is 1. The number of aromatic nitrogens is 2. The average Bonchev–Trinajstić information content (AvgIpc) is 3.07. The molecule has 1 aromatic heterocycles. The number of nitriles is 1. The van der Waals surface area contributed by atoms with Crippen molar-refractivity contribution in [1.82, 2.24) is 9.78 Å². The van der Waals surface area contributed by atoms with Crippen LogP contribution < -0.4 is 21.5 Å². The zero-order valence-electron chi connectivity index (χ0n) is 16.5. The van der Waals surface area contributed by atoms with E-state index in [1.54, 1.807) is 19.2 Å². The highest BCUT2D eigenvalue weighted by Gasteiger charge is 2.16. The lowest BCUT2D eigenvalue weighted by Crippen LogP contribution is -2.22. The summed E-state index contributed by atoms with van der Waals surface area (Å²) in [5.74, 6) is 0.910. The second-order valence-corrected chi connectivity index (χ2v) is 6.43. The quantitative estimate of drug-likeness (QED) is 0.314. The molecule has 0 fully saturated rings. The number of aryl methyl sites for hydroxylation is 1. The van der Waals surface area contributed by atoms with Crippen molar-refractivity contribution in [2.75, 3.05) is 24.7 Å². The van der Waals surface area contributed by atoms with Gasteiger partial charge in [0.15, 0.2) is 5.96 Å². The van der Waals surface area contributed by atoms with E-state index in [1.165, 1.54) is 16.8 Å². The average molecular weight is 407 g/mol. The number of halogens is 1. The minimum atomic E-state index is -0.357. The smallest absolute Gasteiger partial charge is 0.193 e. The number of guanidine groups is 1. The minimum Gasteiger partial charge on any atom is -0.497 e. The Labute approximate surface area is 173 Å². The third kappa shape index (κ3) is 4.86. The Bertz CT molecular complexity index is 1070. The van der Waals surface area contributed by atoms with Crippen molar-refractivity contribution in [3.63, 3.8) is 0 Å². The van der Waals surface area contributed by atoms with Crippen LogP contribution in [0.1, 0.15) is 17.7 Å². The molecule has 0 aliphatic rings. The van der Waals surface area contributed by atoms with Crippen LogP contribution in [0.3, 0.4) is 0 Å². The topological polar surface area (TPSA) is 127 Å². The lowest BCUT2D eigenvalue weighted by atomic mass is 10.1. The first-order valence-electron chi connectivity index (χ1n) is 9.26. The van der Waals surface area contributed by atoms with E-state index >= 15 is 0 Å². The fourth-order valence-corrected chi connectivity index (χ4v) is 2.86. The summed E-state index contributed by atoms with van der Waals surface area (Å²) < 4.78 is 19.7. The van der Waals surface area contributed by atoms with Crippen LogP contribution in [-0.2, 0) is 6.42 Å². The summed E-state index contributed by atoms with van der Waals surface area (Å²) in [4.78, 5) is 4.29. The molecule has 0 atom stereocenters. The van der Waals surface area contributed by atoms with Gasteiger partial charge in [0.05, 0.1) is 18.5 Å². The zero-order valence-corrected chi connectivity index (χ0v) is 16.5. The molecule has 0 spiro atoms. The van der Waals surface area contributed by atoms with Gasteiger partial charge in [-0.2, -0.15) is 10.4 Å². The Hall–Kier alpha value is -4.06. The van der Waals surface area contributed by atoms with Crippen molar-refractivity contribution >= 4 is 17.5 Å². The van der Waals surface area contributed by atoms with Gasteiger partial charge in [0.25, 0.3) is 0 Å². The first-order chi connectivity index (χ1) is 14.5. The number of nitrogens with one attached hydrogen (secondary N) is 1. The molecule has 0 saturated carbocycles. The van der Waals surface area contributed by atoms with Crippen LogP contribution in [0.15, 0.2) is 53.5 Å². The fourth-order valence-electron chi connectivity index (χ4n) is 2.86. The highest BCUT2D eigenvalue weighted by atomic mass is 19.1. The SMILES string of the molecule is COc1ccc(NC(N)=NCCCc2nn(-c3ccc(F)cc3)c(N)c2C#N)cc1. The number of nitrogens with two attached hydrogens (primary N) is 2. The number of rotatable bonds is 7. The third-order valence-corrected chi connectivity index (χ3v) is 4.39. The van der Waals surface area contributed by atoms with Gasteiger partial charge in [0, 0.05) is 12.2 Å². The fraction of sp³-hybridized carbons (Fsp3) is 0.190. The van der Waals surface area contributed by atoms with Crippen molar-refractivity contribution < 1.29 is 9.13 Å². The van der Waals surface area contributed by atoms with Crippen LogP contribution in [-0.4, -0.2) is 29.4 Å². The van der Waals surface area contributed by atoms with Crippen LogP contribution in [0.25, 0.3) is 5.69 Å². The number of benzene rings is 2. The Morgan fingerprint density at radius 1 is 1.23 bits per heavy atom. The van der Waals surface area contributed by atoms with Gasteiger partial charge in [-0.05, 0) is 61.4 Å². The largest absolute Gasteiger partial charge is 0.497 e. The van der Waals surface area contributed by atoms with Gasteiger partial charge in [-0.15, -0.1) is 0 Å². The zero-order chi connectivity index (χ0) is 21.5. The van der Waals surface area contributed by atoms with Crippen LogP contribution in [0, 0.1) is 17.1 Å². The van der Waals surface area contributed by atoms with Crippen molar-refractivity contribution in [2.45, 2.75) is 12.8 Å². The molecule has 0 aliphatic carbocycles. The highest BCUT2D eigenvalue weighted by molar-refractivity contribution is 5.92. The summed E-state index contributed by atoms with van der Waals surface area (Å²) in [7, 11) is 1.60. The third-order valence-electron chi connectivity index (χ3n) is 4.39.